The van der Waals surface area contributed by atoms with Gasteiger partial charge in [-0.2, -0.15) is 4.99 Å². The van der Waals surface area contributed by atoms with E-state index < -0.39 is 0 Å². The van der Waals surface area contributed by atoms with E-state index in [9.17, 15) is 9.59 Å². The van der Waals surface area contributed by atoms with E-state index in [4.69, 9.17) is 0 Å². The molecule has 1 heterocycles. The predicted octanol–water partition coefficient (Wildman–Crippen LogP) is 2.80. The van der Waals surface area contributed by atoms with Gasteiger partial charge < -0.3 is 5.32 Å². The molecule has 4 heteroatoms. The molecule has 1 aromatic carbocycles. The van der Waals surface area contributed by atoms with Crippen molar-refractivity contribution in [2.45, 2.75) is 33.6 Å². The van der Waals surface area contributed by atoms with Gasteiger partial charge in [0.05, 0.1) is 5.41 Å². The zero-order valence-electron chi connectivity index (χ0n) is 12.6. The highest BCUT2D eigenvalue weighted by Crippen LogP contribution is 2.58. The minimum Gasteiger partial charge on any atom is -0.313 e. The van der Waals surface area contributed by atoms with Crippen molar-refractivity contribution in [1.82, 2.24) is 5.32 Å². The van der Waals surface area contributed by atoms with E-state index >= 15 is 0 Å². The molecule has 0 aromatic heterocycles. The molecule has 1 aliphatic heterocycles. The van der Waals surface area contributed by atoms with Gasteiger partial charge in [0.1, 0.15) is 5.84 Å². The number of rotatable bonds is 1. The standard InChI is InChI=1S/C17H20N2O2/c1-16(2)12-9-10-17(16,3)15(21)19-13(12)18-14(20)11-7-5-4-6-8-11/h4-8,12H,9-10H2,1-3H3,(H,18,19,20,21)/t12-,17+/m0/s1. The van der Waals surface area contributed by atoms with Crippen LogP contribution in [0.25, 0.3) is 0 Å². The number of carbonyl (C=O) groups excluding carboxylic acids is 2. The maximum Gasteiger partial charge on any atom is 0.278 e. The first-order chi connectivity index (χ1) is 9.86. The van der Waals surface area contributed by atoms with Gasteiger partial charge >= 0.3 is 0 Å². The van der Waals surface area contributed by atoms with Gasteiger partial charge in [-0.05, 0) is 30.4 Å². The summed E-state index contributed by atoms with van der Waals surface area (Å²) in [5.41, 5.74) is 0.000771. The lowest BCUT2D eigenvalue weighted by atomic mass is 9.63. The topological polar surface area (TPSA) is 58.5 Å². The highest BCUT2D eigenvalue weighted by molar-refractivity contribution is 6.11. The monoisotopic (exact) mass is 284 g/mol. The minimum absolute atomic E-state index is 0.0131. The number of nitrogens with one attached hydrogen (secondary N) is 1. The third-order valence-electron chi connectivity index (χ3n) is 5.54. The Hall–Kier alpha value is -1.97. The second-order valence-electron chi connectivity index (χ2n) is 6.77. The van der Waals surface area contributed by atoms with Gasteiger partial charge in [0.15, 0.2) is 0 Å². The number of nitrogens with zero attached hydrogens (tertiary/aromatic N) is 1. The average molecular weight is 284 g/mol. The van der Waals surface area contributed by atoms with E-state index in [1.54, 1.807) is 12.1 Å². The Morgan fingerprint density at radius 3 is 2.57 bits per heavy atom. The van der Waals surface area contributed by atoms with Crippen molar-refractivity contribution < 1.29 is 9.59 Å². The van der Waals surface area contributed by atoms with Crippen molar-refractivity contribution in [3.63, 3.8) is 0 Å². The van der Waals surface area contributed by atoms with Gasteiger partial charge in [0, 0.05) is 11.5 Å². The fraction of sp³-hybridized carbons (Fsp3) is 0.471. The molecule has 0 spiro atoms. The molecule has 1 aliphatic carbocycles. The molecule has 2 atom stereocenters. The summed E-state index contributed by atoms with van der Waals surface area (Å²) in [5, 5.41) is 2.87. The van der Waals surface area contributed by atoms with Gasteiger partial charge in [-0.25, -0.2) is 0 Å². The molecule has 1 aromatic rings. The van der Waals surface area contributed by atoms with Crippen molar-refractivity contribution in [2.24, 2.45) is 21.7 Å². The van der Waals surface area contributed by atoms with Crippen LogP contribution in [0.5, 0.6) is 0 Å². The smallest absolute Gasteiger partial charge is 0.278 e. The third kappa shape index (κ3) is 1.93. The SMILES string of the molecule is CC1(C)[C@H]2CC[C@]1(C)C(=O)NC2=NC(=O)c1ccccc1. The summed E-state index contributed by atoms with van der Waals surface area (Å²) in [4.78, 5) is 28.9. The second kappa shape index (κ2) is 4.52. The number of benzene rings is 1. The van der Waals surface area contributed by atoms with Gasteiger partial charge in [-0.1, -0.05) is 39.0 Å². The summed E-state index contributed by atoms with van der Waals surface area (Å²) in [6.45, 7) is 6.22. The number of fused-ring (bicyclic) bond motifs is 2. The number of piperidine rings is 1. The molecule has 1 saturated heterocycles. The summed E-state index contributed by atoms with van der Waals surface area (Å²) in [5.74, 6) is 0.361. The van der Waals surface area contributed by atoms with Gasteiger partial charge in [-0.15, -0.1) is 0 Å². The Kier molecular flexibility index (Phi) is 3.01. The molecule has 110 valence electrons. The van der Waals surface area contributed by atoms with Crippen LogP contribution in [0.15, 0.2) is 35.3 Å². The third-order valence-corrected chi connectivity index (χ3v) is 5.54. The normalized spacial score (nSPS) is 32.0. The summed E-state index contributed by atoms with van der Waals surface area (Å²) < 4.78 is 0. The number of aliphatic imine (C=N–C) groups is 1. The van der Waals surface area contributed by atoms with Crippen LogP contribution in [0.1, 0.15) is 44.0 Å². The first-order valence-corrected chi connectivity index (χ1v) is 7.36. The maximum absolute atomic E-state index is 12.4. The summed E-state index contributed by atoms with van der Waals surface area (Å²) in [7, 11) is 0. The van der Waals surface area contributed by atoms with Gasteiger partial charge in [0.2, 0.25) is 5.91 Å². The quantitative estimate of drug-likeness (QED) is 0.862. The van der Waals surface area contributed by atoms with Crippen molar-refractivity contribution in [2.75, 3.05) is 0 Å². The maximum atomic E-state index is 12.4. The Morgan fingerprint density at radius 1 is 1.24 bits per heavy atom. The highest BCUT2D eigenvalue weighted by Gasteiger charge is 2.60. The molecule has 2 aliphatic rings. The van der Waals surface area contributed by atoms with E-state index in [2.05, 4.69) is 24.2 Å². The van der Waals surface area contributed by atoms with Crippen molar-refractivity contribution in [1.29, 1.82) is 0 Å². The van der Waals surface area contributed by atoms with Crippen LogP contribution in [0, 0.1) is 16.7 Å². The summed E-state index contributed by atoms with van der Waals surface area (Å²) in [6, 6.07) is 8.95. The largest absolute Gasteiger partial charge is 0.313 e. The van der Waals surface area contributed by atoms with Crippen molar-refractivity contribution in [3.8, 4) is 0 Å². The molecule has 3 rings (SSSR count). The minimum atomic E-state index is -0.369. The molecule has 0 radical (unpaired) electrons. The van der Waals surface area contributed by atoms with Crippen LogP contribution in [0.2, 0.25) is 0 Å². The van der Waals surface area contributed by atoms with E-state index in [-0.39, 0.29) is 28.6 Å². The van der Waals surface area contributed by atoms with Crippen LogP contribution >= 0.6 is 0 Å². The lowest BCUT2D eigenvalue weighted by Crippen LogP contribution is -2.57. The number of carbonyl (C=O) groups is 2. The van der Waals surface area contributed by atoms with Crippen molar-refractivity contribution >= 4 is 17.6 Å². The highest BCUT2D eigenvalue weighted by atomic mass is 16.2. The first kappa shape index (κ1) is 14.0. The first-order valence-electron chi connectivity index (χ1n) is 7.36. The zero-order valence-corrected chi connectivity index (χ0v) is 12.6. The van der Waals surface area contributed by atoms with E-state index in [0.29, 0.717) is 11.4 Å². The Balaban J connectivity index is 1.96. The van der Waals surface area contributed by atoms with E-state index in [1.165, 1.54) is 0 Å². The van der Waals surface area contributed by atoms with Crippen molar-refractivity contribution in [3.05, 3.63) is 35.9 Å². The molecule has 1 N–H and O–H groups in total. The number of amides is 2. The summed E-state index contributed by atoms with van der Waals surface area (Å²) >= 11 is 0. The predicted molar refractivity (Wildman–Crippen MR) is 81.0 cm³/mol. The van der Waals surface area contributed by atoms with E-state index in [0.717, 1.165) is 12.8 Å². The van der Waals surface area contributed by atoms with Crippen LogP contribution < -0.4 is 5.32 Å². The molecular weight excluding hydrogens is 264 g/mol. The molecule has 1 saturated carbocycles. The molecule has 2 amide bonds. The summed E-state index contributed by atoms with van der Waals surface area (Å²) in [6.07, 6.45) is 1.73. The molecule has 0 unspecified atom stereocenters. The lowest BCUT2D eigenvalue weighted by molar-refractivity contribution is -0.135. The zero-order chi connectivity index (χ0) is 15.3. The second-order valence-corrected chi connectivity index (χ2v) is 6.77. The van der Waals surface area contributed by atoms with Crippen LogP contribution in [-0.2, 0) is 4.79 Å². The fourth-order valence-corrected chi connectivity index (χ4v) is 3.59. The average Bonchev–Trinajstić information content (AvgIpc) is 2.61. The van der Waals surface area contributed by atoms with Crippen LogP contribution in [0.4, 0.5) is 0 Å². The molecule has 2 fully saturated rings. The Morgan fingerprint density at radius 2 is 1.90 bits per heavy atom. The molecular formula is C17H20N2O2. The van der Waals surface area contributed by atoms with Gasteiger partial charge in [0.25, 0.3) is 5.91 Å². The lowest BCUT2D eigenvalue weighted by Gasteiger charge is -2.44. The van der Waals surface area contributed by atoms with Gasteiger partial charge in [-0.3, -0.25) is 9.59 Å². The van der Waals surface area contributed by atoms with Crippen LogP contribution in [-0.4, -0.2) is 17.6 Å². The fourth-order valence-electron chi connectivity index (χ4n) is 3.59. The number of hydrogen-bond acceptors (Lipinski definition) is 2. The number of hydrogen-bond donors (Lipinski definition) is 1. The molecule has 2 bridgehead atoms. The van der Waals surface area contributed by atoms with Crippen LogP contribution in [0.3, 0.4) is 0 Å². The Bertz CT molecular complexity index is 633. The van der Waals surface area contributed by atoms with E-state index in [1.807, 2.05) is 25.1 Å². The molecule has 4 nitrogen and oxygen atoms in total. The Labute approximate surface area is 124 Å². The molecule has 21 heavy (non-hydrogen) atoms. The number of amidine groups is 1.